The zero-order valence-corrected chi connectivity index (χ0v) is 10.8. The lowest BCUT2D eigenvalue weighted by molar-refractivity contribution is 0.132. The molecule has 96 valence electrons. The lowest BCUT2D eigenvalue weighted by Crippen LogP contribution is -2.35. The average molecular weight is 239 g/mol. The highest BCUT2D eigenvalue weighted by atomic mass is 19.1. The fourth-order valence-corrected chi connectivity index (χ4v) is 1.63. The van der Waals surface area contributed by atoms with E-state index in [-0.39, 0.29) is 23.9 Å². The van der Waals surface area contributed by atoms with Crippen LogP contribution in [0.2, 0.25) is 0 Å². The van der Waals surface area contributed by atoms with Gasteiger partial charge >= 0.3 is 0 Å². The molecule has 0 saturated heterocycles. The highest BCUT2D eigenvalue weighted by molar-refractivity contribution is 5.20. The predicted molar refractivity (Wildman–Crippen MR) is 68.3 cm³/mol. The summed E-state index contributed by atoms with van der Waals surface area (Å²) in [4.78, 5) is 0. The van der Waals surface area contributed by atoms with Crippen LogP contribution in [0.4, 0.5) is 4.39 Å². The van der Waals surface area contributed by atoms with Gasteiger partial charge in [0.15, 0.2) is 0 Å². The minimum atomic E-state index is -0.185. The molecular weight excluding hydrogens is 217 g/mol. The molecule has 1 rings (SSSR count). The molecule has 1 aromatic rings. The molecular formula is C14H22FNO. The molecule has 0 heterocycles. The summed E-state index contributed by atoms with van der Waals surface area (Å²) >= 11 is 0. The Morgan fingerprint density at radius 1 is 1.41 bits per heavy atom. The molecule has 1 aromatic carbocycles. The average Bonchev–Trinajstić information content (AvgIpc) is 2.36. The number of aliphatic hydroxyl groups is 1. The summed E-state index contributed by atoms with van der Waals surface area (Å²) in [6, 6.07) is 6.74. The molecule has 0 spiro atoms. The number of rotatable bonds is 6. The second-order valence-corrected chi connectivity index (χ2v) is 4.95. The second-order valence-electron chi connectivity index (χ2n) is 4.95. The Hall–Kier alpha value is -0.930. The van der Waals surface area contributed by atoms with Gasteiger partial charge in [-0.15, -0.1) is 0 Å². The molecule has 2 nitrogen and oxygen atoms in total. The minimum absolute atomic E-state index is 0.0476. The molecule has 0 aliphatic carbocycles. The summed E-state index contributed by atoms with van der Waals surface area (Å²) in [5.74, 6) is -0.185. The van der Waals surface area contributed by atoms with Gasteiger partial charge in [0, 0.05) is 30.2 Å². The van der Waals surface area contributed by atoms with Crippen molar-refractivity contribution in [3.8, 4) is 0 Å². The van der Waals surface area contributed by atoms with Gasteiger partial charge in [-0.25, -0.2) is 4.39 Å². The number of aliphatic hydroxyl groups excluding tert-OH is 1. The van der Waals surface area contributed by atoms with E-state index in [1.54, 1.807) is 12.1 Å². The summed E-state index contributed by atoms with van der Waals surface area (Å²) in [6.45, 7) is 6.82. The van der Waals surface area contributed by atoms with Crippen molar-refractivity contribution in [2.45, 2.75) is 33.2 Å². The molecule has 0 bridgehead atoms. The first-order chi connectivity index (χ1) is 8.02. The van der Waals surface area contributed by atoms with Crippen LogP contribution in [0, 0.1) is 11.2 Å². The van der Waals surface area contributed by atoms with Gasteiger partial charge in [-0.1, -0.05) is 32.0 Å². The van der Waals surface area contributed by atoms with E-state index < -0.39 is 0 Å². The minimum Gasteiger partial charge on any atom is -0.396 e. The standard InChI is InChI=1S/C14H22FNO/c1-4-14(3,10-17)9-16-11(2)12-7-5-6-8-13(12)15/h5-8,11,16-17H,4,9-10H2,1-3H3/t11-,14?/m1/s1. The Balaban J connectivity index is 2.62. The van der Waals surface area contributed by atoms with E-state index in [9.17, 15) is 9.50 Å². The second kappa shape index (κ2) is 6.12. The van der Waals surface area contributed by atoms with Crippen LogP contribution >= 0.6 is 0 Å². The maximum atomic E-state index is 13.5. The van der Waals surface area contributed by atoms with Gasteiger partial charge in [0.05, 0.1) is 0 Å². The lowest BCUT2D eigenvalue weighted by Gasteiger charge is -2.28. The number of hydrogen-bond donors (Lipinski definition) is 2. The molecule has 2 atom stereocenters. The van der Waals surface area contributed by atoms with Crippen LogP contribution in [0.3, 0.4) is 0 Å². The van der Waals surface area contributed by atoms with Crippen LogP contribution in [0.25, 0.3) is 0 Å². The Morgan fingerprint density at radius 3 is 2.59 bits per heavy atom. The van der Waals surface area contributed by atoms with Crippen LogP contribution in [0.15, 0.2) is 24.3 Å². The summed E-state index contributed by atoms with van der Waals surface area (Å²) < 4.78 is 13.5. The number of halogens is 1. The normalized spacial score (nSPS) is 16.5. The zero-order chi connectivity index (χ0) is 12.9. The van der Waals surface area contributed by atoms with Crippen LogP contribution in [0.5, 0.6) is 0 Å². The van der Waals surface area contributed by atoms with Crippen molar-refractivity contribution < 1.29 is 9.50 Å². The Bertz CT molecular complexity index is 350. The van der Waals surface area contributed by atoms with Gasteiger partial charge in [0.25, 0.3) is 0 Å². The van der Waals surface area contributed by atoms with Crippen LogP contribution in [-0.4, -0.2) is 18.3 Å². The number of nitrogens with one attached hydrogen (secondary N) is 1. The van der Waals surface area contributed by atoms with E-state index in [0.717, 1.165) is 6.42 Å². The molecule has 17 heavy (non-hydrogen) atoms. The zero-order valence-electron chi connectivity index (χ0n) is 10.8. The van der Waals surface area contributed by atoms with Crippen molar-refractivity contribution >= 4 is 0 Å². The lowest BCUT2D eigenvalue weighted by atomic mass is 9.88. The number of benzene rings is 1. The third-order valence-electron chi connectivity index (χ3n) is 3.44. The fourth-order valence-electron chi connectivity index (χ4n) is 1.63. The van der Waals surface area contributed by atoms with Crippen molar-refractivity contribution in [3.63, 3.8) is 0 Å². The predicted octanol–water partition coefficient (Wildman–Crippen LogP) is 2.88. The molecule has 1 unspecified atom stereocenters. The molecule has 0 aliphatic heterocycles. The SMILES string of the molecule is CCC(C)(CO)CN[C@H](C)c1ccccc1F. The molecule has 0 amide bonds. The van der Waals surface area contributed by atoms with Gasteiger partial charge in [-0.05, 0) is 19.4 Å². The third-order valence-corrected chi connectivity index (χ3v) is 3.44. The van der Waals surface area contributed by atoms with E-state index in [1.165, 1.54) is 6.07 Å². The highest BCUT2D eigenvalue weighted by Crippen LogP contribution is 2.22. The molecule has 0 fully saturated rings. The van der Waals surface area contributed by atoms with Crippen LogP contribution in [-0.2, 0) is 0 Å². The van der Waals surface area contributed by atoms with Crippen molar-refractivity contribution in [2.75, 3.05) is 13.2 Å². The monoisotopic (exact) mass is 239 g/mol. The maximum absolute atomic E-state index is 13.5. The highest BCUT2D eigenvalue weighted by Gasteiger charge is 2.22. The van der Waals surface area contributed by atoms with Crippen molar-refractivity contribution in [1.29, 1.82) is 0 Å². The van der Waals surface area contributed by atoms with Crippen molar-refractivity contribution in [2.24, 2.45) is 5.41 Å². The molecule has 0 radical (unpaired) electrons. The summed E-state index contributed by atoms with van der Waals surface area (Å²) in [6.07, 6.45) is 0.889. The van der Waals surface area contributed by atoms with Crippen LogP contribution < -0.4 is 5.32 Å². The first-order valence-electron chi connectivity index (χ1n) is 6.11. The third kappa shape index (κ3) is 3.79. The van der Waals surface area contributed by atoms with E-state index in [2.05, 4.69) is 5.32 Å². The molecule has 0 saturated carbocycles. The van der Waals surface area contributed by atoms with Gasteiger partial charge < -0.3 is 10.4 Å². The van der Waals surface area contributed by atoms with Gasteiger partial charge in [-0.3, -0.25) is 0 Å². The van der Waals surface area contributed by atoms with Crippen molar-refractivity contribution in [3.05, 3.63) is 35.6 Å². The maximum Gasteiger partial charge on any atom is 0.127 e. The van der Waals surface area contributed by atoms with Gasteiger partial charge in [-0.2, -0.15) is 0 Å². The van der Waals surface area contributed by atoms with Crippen LogP contribution in [0.1, 0.15) is 38.8 Å². The van der Waals surface area contributed by atoms with E-state index in [0.29, 0.717) is 12.1 Å². The summed E-state index contributed by atoms with van der Waals surface area (Å²) in [5, 5.41) is 12.6. The van der Waals surface area contributed by atoms with E-state index in [1.807, 2.05) is 26.8 Å². The smallest absolute Gasteiger partial charge is 0.127 e. The van der Waals surface area contributed by atoms with E-state index in [4.69, 9.17) is 0 Å². The Morgan fingerprint density at radius 2 is 2.06 bits per heavy atom. The molecule has 3 heteroatoms. The Kier molecular flexibility index (Phi) is 5.09. The summed E-state index contributed by atoms with van der Waals surface area (Å²) in [5.41, 5.74) is 0.531. The quantitative estimate of drug-likeness (QED) is 0.800. The van der Waals surface area contributed by atoms with Crippen molar-refractivity contribution in [1.82, 2.24) is 5.32 Å². The molecule has 0 aliphatic rings. The first-order valence-corrected chi connectivity index (χ1v) is 6.11. The molecule has 2 N–H and O–H groups in total. The topological polar surface area (TPSA) is 32.3 Å². The van der Waals surface area contributed by atoms with E-state index >= 15 is 0 Å². The Labute approximate surface area is 103 Å². The fraction of sp³-hybridized carbons (Fsp3) is 0.571. The largest absolute Gasteiger partial charge is 0.396 e. The first kappa shape index (κ1) is 14.1. The summed E-state index contributed by atoms with van der Waals surface area (Å²) in [7, 11) is 0. The van der Waals surface area contributed by atoms with Gasteiger partial charge in [0.2, 0.25) is 0 Å². The number of hydrogen-bond acceptors (Lipinski definition) is 2. The van der Waals surface area contributed by atoms with Gasteiger partial charge in [0.1, 0.15) is 5.82 Å². The molecule has 0 aromatic heterocycles.